The molecule has 18 aromatic carbocycles. The largest absolute Gasteiger partial charge is 0.497 e. The molecule has 0 aromatic heterocycles. The van der Waals surface area contributed by atoms with E-state index in [2.05, 4.69) is 509 Å². The van der Waals surface area contributed by atoms with Crippen molar-refractivity contribution in [3.05, 3.63) is 493 Å². The van der Waals surface area contributed by atoms with E-state index >= 15 is 0 Å². The molecule has 0 fully saturated rings. The topological polar surface area (TPSA) is 37.9 Å². The van der Waals surface area contributed by atoms with Gasteiger partial charge in [-0.25, -0.2) is 0 Å². The van der Waals surface area contributed by atoms with Crippen molar-refractivity contribution in [2.24, 2.45) is 0 Å². The number of ether oxygens (including phenoxy) is 2. The van der Waals surface area contributed by atoms with Crippen LogP contribution in [-0.2, 0) is 5.41 Å². The molecule has 18 aromatic rings. The van der Waals surface area contributed by atoms with Crippen LogP contribution >= 0.6 is 0 Å². The summed E-state index contributed by atoms with van der Waals surface area (Å²) in [4.78, 5) is 13.9. The fourth-order valence-electron chi connectivity index (χ4n) is 17.1. The van der Waals surface area contributed by atoms with E-state index in [0.29, 0.717) is 0 Å². The van der Waals surface area contributed by atoms with Gasteiger partial charge in [0.2, 0.25) is 0 Å². The molecule has 1 aliphatic rings. The normalized spacial score (nSPS) is 11.4. The maximum absolute atomic E-state index is 5.40. The van der Waals surface area contributed by atoms with Crippen LogP contribution in [0.15, 0.2) is 449 Å². The molecule has 0 unspecified atom stereocenters. The molecule has 0 saturated carbocycles. The maximum atomic E-state index is 5.40. The average molecular weight is 1650 g/mol. The molecule has 0 saturated heterocycles. The Labute approximate surface area is 749 Å². The molecule has 0 amide bonds. The van der Waals surface area contributed by atoms with E-state index in [1.165, 1.54) is 89.5 Å². The standard InChI is InChI=1S/C41H36N2.C40H36N2O2.C38H32N2/c1-29-13-11-19-33(25-29)42(31-15-7-5-8-16-31)35-21-23-37-38-24-22-36(28-40(38)41(3,4)39(37)27-35)43(32-17-9-6-10-18-32)34-20-12-14-30(2)26-34;1-29-5-13-33(14-6-29)41(34-15-7-30(2)8-16-34)35-17-9-31(10-18-35)32-11-19-36(20-12-32)42(37-21-25-39(43-3)26-22-37)38-23-27-40(44-4)28-24-38;1-29-11-9-17-37(27-29)39(33-13-5-3-6-14-33)35-23-19-31(20-24-35)32-21-25-36(26-22-32)40(34-15-7-4-8-16-34)38-18-10-12-30(2)28-38/h5-28H,1-4H3;5-28H,1-4H3;3-28H,1-2H3. The highest BCUT2D eigenvalue weighted by Crippen LogP contribution is 2.53. The molecule has 19 rings (SSSR count). The van der Waals surface area contributed by atoms with Crippen molar-refractivity contribution in [1.82, 2.24) is 0 Å². The van der Waals surface area contributed by atoms with Crippen LogP contribution in [-0.4, -0.2) is 14.2 Å². The zero-order chi connectivity index (χ0) is 87.3. The van der Waals surface area contributed by atoms with Gasteiger partial charge in [-0.05, 0) is 351 Å². The molecule has 0 spiro atoms. The Balaban J connectivity index is 0.000000134. The number of para-hydroxylation sites is 4. The summed E-state index contributed by atoms with van der Waals surface area (Å²) in [6, 6.07) is 160. The van der Waals surface area contributed by atoms with E-state index in [1.807, 2.05) is 24.3 Å². The lowest BCUT2D eigenvalue weighted by Crippen LogP contribution is -2.17. The van der Waals surface area contributed by atoms with Gasteiger partial charge in [0.1, 0.15) is 11.5 Å². The number of fused-ring (bicyclic) bond motifs is 3. The number of anilines is 18. The molecule has 0 N–H and O–H groups in total. The third kappa shape index (κ3) is 18.8. The van der Waals surface area contributed by atoms with Crippen molar-refractivity contribution in [1.29, 1.82) is 0 Å². The maximum Gasteiger partial charge on any atom is 0.119 e. The second-order valence-corrected chi connectivity index (χ2v) is 33.1. The van der Waals surface area contributed by atoms with E-state index in [4.69, 9.17) is 9.47 Å². The van der Waals surface area contributed by atoms with Crippen LogP contribution in [0.25, 0.3) is 33.4 Å². The first-order chi connectivity index (χ1) is 62.1. The van der Waals surface area contributed by atoms with Crippen molar-refractivity contribution in [3.8, 4) is 44.9 Å². The zero-order valence-electron chi connectivity index (χ0n) is 73.7. The van der Waals surface area contributed by atoms with Gasteiger partial charge in [0.05, 0.1) is 14.2 Å². The van der Waals surface area contributed by atoms with E-state index in [9.17, 15) is 0 Å². The summed E-state index contributed by atoms with van der Waals surface area (Å²) < 4.78 is 10.8. The van der Waals surface area contributed by atoms with Crippen LogP contribution in [0.3, 0.4) is 0 Å². The number of hydrogen-bond acceptors (Lipinski definition) is 8. The Morgan fingerprint density at radius 1 is 0.165 bits per heavy atom. The second-order valence-electron chi connectivity index (χ2n) is 33.1. The summed E-state index contributed by atoms with van der Waals surface area (Å²) in [5.74, 6) is 1.65. The zero-order valence-corrected chi connectivity index (χ0v) is 73.7. The summed E-state index contributed by atoms with van der Waals surface area (Å²) in [7, 11) is 3.37. The quantitative estimate of drug-likeness (QED) is 0.0665. The van der Waals surface area contributed by atoms with Crippen molar-refractivity contribution in [3.63, 3.8) is 0 Å². The predicted molar refractivity (Wildman–Crippen MR) is 537 cm³/mol. The van der Waals surface area contributed by atoms with Crippen LogP contribution in [0.1, 0.15) is 58.4 Å². The molecule has 622 valence electrons. The Bertz CT molecular complexity index is 6350. The molecular formula is C119H104N6O2. The van der Waals surface area contributed by atoms with E-state index in [1.54, 1.807) is 14.2 Å². The summed E-state index contributed by atoms with van der Waals surface area (Å²) in [5, 5.41) is 0. The molecule has 0 bridgehead atoms. The van der Waals surface area contributed by atoms with E-state index in [-0.39, 0.29) is 5.41 Å². The lowest BCUT2D eigenvalue weighted by atomic mass is 9.82. The highest BCUT2D eigenvalue weighted by molar-refractivity contribution is 5.90. The lowest BCUT2D eigenvalue weighted by Gasteiger charge is -2.29. The molecule has 8 nitrogen and oxygen atoms in total. The first kappa shape index (κ1) is 83.6. The number of rotatable bonds is 22. The van der Waals surface area contributed by atoms with Crippen LogP contribution in [0, 0.1) is 41.5 Å². The molecule has 1 aliphatic carbocycles. The van der Waals surface area contributed by atoms with Crippen molar-refractivity contribution in [2.75, 3.05) is 43.6 Å². The van der Waals surface area contributed by atoms with Crippen LogP contribution in [0.2, 0.25) is 0 Å². The molecule has 0 aliphatic heterocycles. The summed E-state index contributed by atoms with van der Waals surface area (Å²) in [5.41, 5.74) is 37.7. The Morgan fingerprint density at radius 3 is 0.575 bits per heavy atom. The molecule has 0 atom stereocenters. The smallest absolute Gasteiger partial charge is 0.119 e. The Kier molecular flexibility index (Phi) is 25.0. The Hall–Kier alpha value is -15.6. The van der Waals surface area contributed by atoms with Gasteiger partial charge in [-0.15, -0.1) is 0 Å². The fourth-order valence-corrected chi connectivity index (χ4v) is 17.1. The van der Waals surface area contributed by atoms with Gasteiger partial charge in [-0.1, -0.05) is 231 Å². The highest BCUT2D eigenvalue weighted by atomic mass is 16.5. The van der Waals surface area contributed by atoms with Gasteiger partial charge in [0.15, 0.2) is 0 Å². The van der Waals surface area contributed by atoms with Gasteiger partial charge in [0.25, 0.3) is 0 Å². The van der Waals surface area contributed by atoms with Crippen molar-refractivity contribution in [2.45, 2.75) is 60.8 Å². The summed E-state index contributed by atoms with van der Waals surface area (Å²) >= 11 is 0. The average Bonchev–Trinajstić information content (AvgIpc) is 1.57. The fraction of sp³-hybridized carbons (Fsp3) is 0.0924. The summed E-state index contributed by atoms with van der Waals surface area (Å²) in [6.07, 6.45) is 0. The summed E-state index contributed by atoms with van der Waals surface area (Å²) in [6.45, 7) is 17.5. The monoisotopic (exact) mass is 1650 g/mol. The molecule has 127 heavy (non-hydrogen) atoms. The van der Waals surface area contributed by atoms with E-state index in [0.717, 1.165) is 102 Å². The molecular weight excluding hydrogens is 1550 g/mol. The second kappa shape index (κ2) is 38.0. The minimum absolute atomic E-state index is 0.166. The first-order valence-electron chi connectivity index (χ1n) is 43.5. The molecule has 8 heteroatoms. The predicted octanol–water partition coefficient (Wildman–Crippen LogP) is 33.4. The van der Waals surface area contributed by atoms with Crippen LogP contribution in [0.4, 0.5) is 102 Å². The van der Waals surface area contributed by atoms with Crippen molar-refractivity contribution >= 4 is 102 Å². The number of hydrogen-bond donors (Lipinski definition) is 0. The number of nitrogens with zero attached hydrogens (tertiary/aromatic N) is 6. The number of benzene rings is 18. The minimum atomic E-state index is -0.166. The van der Waals surface area contributed by atoms with Gasteiger partial charge in [0, 0.05) is 108 Å². The van der Waals surface area contributed by atoms with Crippen LogP contribution in [0.5, 0.6) is 11.5 Å². The number of aryl methyl sites for hydroxylation is 6. The van der Waals surface area contributed by atoms with Gasteiger partial charge >= 0.3 is 0 Å². The van der Waals surface area contributed by atoms with Gasteiger partial charge in [-0.3, -0.25) is 0 Å². The lowest BCUT2D eigenvalue weighted by molar-refractivity contribution is 0.415. The SMILES string of the molecule is COc1ccc(N(c2ccc(OC)cc2)c2ccc(-c3ccc(N(c4ccc(C)cc4)c4ccc(C)cc4)cc3)cc2)cc1.Cc1cccc(N(c2ccccc2)c2ccc(-c3ccc(N(c4ccccc4)c4cccc(C)c4)cc3)cc2)c1.Cc1cccc(N(c2ccccc2)c2ccc3c(c2)C(C)(C)c2cc(N(c4ccccc4)c4cccc(C)c4)ccc2-3)c1. The van der Waals surface area contributed by atoms with Crippen molar-refractivity contribution < 1.29 is 9.47 Å². The molecule has 0 radical (unpaired) electrons. The Morgan fingerprint density at radius 2 is 0.346 bits per heavy atom. The van der Waals surface area contributed by atoms with Gasteiger partial charge < -0.3 is 38.9 Å². The third-order valence-electron chi connectivity index (χ3n) is 23.7. The number of methoxy groups -OCH3 is 2. The minimum Gasteiger partial charge on any atom is -0.497 e. The molecule has 0 heterocycles. The first-order valence-corrected chi connectivity index (χ1v) is 43.5. The third-order valence-corrected chi connectivity index (χ3v) is 23.7. The van der Waals surface area contributed by atoms with Gasteiger partial charge in [-0.2, -0.15) is 0 Å². The highest BCUT2D eigenvalue weighted by Gasteiger charge is 2.37. The van der Waals surface area contributed by atoms with Crippen LogP contribution < -0.4 is 38.9 Å². The van der Waals surface area contributed by atoms with E-state index < -0.39 is 0 Å².